The van der Waals surface area contributed by atoms with Gasteiger partial charge >= 0.3 is 0 Å². The van der Waals surface area contributed by atoms with Crippen molar-refractivity contribution in [1.82, 2.24) is 0 Å². The van der Waals surface area contributed by atoms with E-state index in [2.05, 4.69) is 0 Å². The van der Waals surface area contributed by atoms with Crippen molar-refractivity contribution in [3.8, 4) is 23.0 Å². The molecule has 152 valence electrons. The van der Waals surface area contributed by atoms with Gasteiger partial charge in [0.2, 0.25) is 0 Å². The van der Waals surface area contributed by atoms with Gasteiger partial charge in [0.1, 0.15) is 0 Å². The van der Waals surface area contributed by atoms with E-state index < -0.39 is 0 Å². The molecule has 5 heteroatoms. The van der Waals surface area contributed by atoms with E-state index in [1.165, 1.54) is 6.08 Å². The monoisotopic (exact) mass is 394 g/mol. The Morgan fingerprint density at radius 2 is 1.14 bits per heavy atom. The van der Waals surface area contributed by atoms with Gasteiger partial charge in [-0.05, 0) is 60.0 Å². The molecule has 5 nitrogen and oxygen atoms in total. The summed E-state index contributed by atoms with van der Waals surface area (Å²) in [6, 6.07) is 11.1. The topological polar surface area (TPSA) is 54.0 Å². The lowest BCUT2D eigenvalue weighted by Crippen LogP contribution is -1.91. The average Bonchev–Trinajstić information content (AvgIpc) is 2.75. The molecule has 0 aliphatic heterocycles. The number of allylic oxidation sites excluding steroid dienone is 4. The fourth-order valence-electron chi connectivity index (χ4n) is 2.64. The molecule has 0 saturated heterocycles. The van der Waals surface area contributed by atoms with Crippen molar-refractivity contribution in [2.24, 2.45) is 0 Å². The summed E-state index contributed by atoms with van der Waals surface area (Å²) in [5.41, 5.74) is 2.63. The van der Waals surface area contributed by atoms with Crippen LogP contribution in [0.25, 0.3) is 12.2 Å². The molecule has 29 heavy (non-hydrogen) atoms. The molecule has 0 unspecified atom stereocenters. The Balaban J connectivity index is 2.06. The van der Waals surface area contributed by atoms with E-state index >= 15 is 0 Å². The summed E-state index contributed by atoms with van der Waals surface area (Å²) in [7, 11) is 6.36. The van der Waals surface area contributed by atoms with Gasteiger partial charge in [-0.1, -0.05) is 30.4 Å². The van der Waals surface area contributed by atoms with Gasteiger partial charge in [-0.2, -0.15) is 0 Å². The largest absolute Gasteiger partial charge is 0.493 e. The van der Waals surface area contributed by atoms with Crippen molar-refractivity contribution < 1.29 is 23.7 Å². The summed E-state index contributed by atoms with van der Waals surface area (Å²) in [4.78, 5) is 12.2. The molecule has 0 heterocycles. The van der Waals surface area contributed by atoms with E-state index in [1.54, 1.807) is 46.7 Å². The first-order valence-corrected chi connectivity index (χ1v) is 9.03. The van der Waals surface area contributed by atoms with Gasteiger partial charge in [-0.25, -0.2) is 0 Å². The molecular weight excluding hydrogens is 368 g/mol. The molecule has 0 saturated carbocycles. The highest BCUT2D eigenvalue weighted by Crippen LogP contribution is 2.29. The Kier molecular flexibility index (Phi) is 8.10. The number of ketones is 1. The molecule has 0 fully saturated rings. The highest BCUT2D eigenvalue weighted by Gasteiger charge is 2.04. The first kappa shape index (κ1) is 21.8. The number of rotatable bonds is 9. The lowest BCUT2D eigenvalue weighted by molar-refractivity contribution is -0.110. The van der Waals surface area contributed by atoms with Gasteiger partial charge in [0, 0.05) is 0 Å². The van der Waals surface area contributed by atoms with Crippen LogP contribution in [-0.2, 0) is 4.79 Å². The van der Waals surface area contributed by atoms with Gasteiger partial charge < -0.3 is 18.9 Å². The Bertz CT molecular complexity index is 938. The van der Waals surface area contributed by atoms with E-state index in [-0.39, 0.29) is 5.78 Å². The zero-order valence-electron chi connectivity index (χ0n) is 17.4. The molecule has 0 bridgehead atoms. The Morgan fingerprint density at radius 1 is 0.690 bits per heavy atom. The van der Waals surface area contributed by atoms with E-state index in [4.69, 9.17) is 18.9 Å². The second-order valence-corrected chi connectivity index (χ2v) is 6.19. The minimum absolute atomic E-state index is 0.103. The third-order valence-corrected chi connectivity index (χ3v) is 4.16. The Labute approximate surface area is 171 Å². The molecule has 0 N–H and O–H groups in total. The maximum atomic E-state index is 12.2. The van der Waals surface area contributed by atoms with Gasteiger partial charge in [-0.15, -0.1) is 0 Å². The van der Waals surface area contributed by atoms with Gasteiger partial charge in [0.25, 0.3) is 0 Å². The smallest absolute Gasteiger partial charge is 0.178 e. The summed E-state index contributed by atoms with van der Waals surface area (Å²) in [5.74, 6) is 2.49. The van der Waals surface area contributed by atoms with Crippen LogP contribution in [0.3, 0.4) is 0 Å². The van der Waals surface area contributed by atoms with E-state index in [0.717, 1.165) is 16.7 Å². The van der Waals surface area contributed by atoms with Crippen molar-refractivity contribution in [2.45, 2.75) is 6.92 Å². The molecule has 0 aromatic heterocycles. The standard InChI is InChI=1S/C24H26O5/c1-17(6-7-18-9-12-21(26-2)23(15-18)28-4)14-20(25)11-8-19-10-13-22(27-3)24(16-19)29-5/h6-16H,1-5H3/b7-6+,11-8+,17-14+. The number of ether oxygens (including phenoxy) is 4. The molecular formula is C24H26O5. The van der Waals surface area contributed by atoms with Crippen LogP contribution >= 0.6 is 0 Å². The molecule has 2 aromatic carbocycles. The molecule has 0 atom stereocenters. The van der Waals surface area contributed by atoms with Gasteiger partial charge in [0.15, 0.2) is 28.8 Å². The van der Waals surface area contributed by atoms with Crippen LogP contribution in [0, 0.1) is 0 Å². The maximum Gasteiger partial charge on any atom is 0.178 e. The van der Waals surface area contributed by atoms with Gasteiger partial charge in [-0.3, -0.25) is 4.79 Å². The Morgan fingerprint density at radius 3 is 1.59 bits per heavy atom. The maximum absolute atomic E-state index is 12.2. The van der Waals surface area contributed by atoms with E-state index in [0.29, 0.717) is 23.0 Å². The van der Waals surface area contributed by atoms with Crippen molar-refractivity contribution in [3.05, 3.63) is 71.3 Å². The highest BCUT2D eigenvalue weighted by molar-refractivity contribution is 6.02. The van der Waals surface area contributed by atoms with E-state index in [9.17, 15) is 4.79 Å². The zero-order valence-corrected chi connectivity index (χ0v) is 17.4. The van der Waals surface area contributed by atoms with Crippen molar-refractivity contribution in [1.29, 1.82) is 0 Å². The third kappa shape index (κ3) is 6.28. The summed E-state index contributed by atoms with van der Waals surface area (Å²) >= 11 is 0. The van der Waals surface area contributed by atoms with Crippen LogP contribution in [-0.4, -0.2) is 34.2 Å². The van der Waals surface area contributed by atoms with Crippen LogP contribution in [0.4, 0.5) is 0 Å². The number of hydrogen-bond acceptors (Lipinski definition) is 5. The number of benzene rings is 2. The Hall–Kier alpha value is -3.47. The minimum Gasteiger partial charge on any atom is -0.493 e. The molecule has 0 radical (unpaired) electrons. The molecule has 0 aliphatic rings. The highest BCUT2D eigenvalue weighted by atomic mass is 16.5. The van der Waals surface area contributed by atoms with Crippen LogP contribution in [0.1, 0.15) is 18.1 Å². The quantitative estimate of drug-likeness (QED) is 0.444. The third-order valence-electron chi connectivity index (χ3n) is 4.16. The summed E-state index contributed by atoms with van der Waals surface area (Å²) in [5, 5.41) is 0. The predicted molar refractivity (Wildman–Crippen MR) is 116 cm³/mol. The van der Waals surface area contributed by atoms with Crippen molar-refractivity contribution in [3.63, 3.8) is 0 Å². The average molecular weight is 394 g/mol. The number of carbonyl (C=O) groups is 1. The fourth-order valence-corrected chi connectivity index (χ4v) is 2.64. The fraction of sp³-hybridized carbons (Fsp3) is 0.208. The van der Waals surface area contributed by atoms with E-state index in [1.807, 2.05) is 49.4 Å². The lowest BCUT2D eigenvalue weighted by Gasteiger charge is -2.07. The summed E-state index contributed by atoms with van der Waals surface area (Å²) in [6.07, 6.45) is 8.64. The van der Waals surface area contributed by atoms with Crippen LogP contribution in [0.15, 0.2) is 60.2 Å². The van der Waals surface area contributed by atoms with Crippen LogP contribution in [0.5, 0.6) is 23.0 Å². The molecule has 2 rings (SSSR count). The number of carbonyl (C=O) groups excluding carboxylic acids is 1. The molecule has 0 amide bonds. The molecule has 0 spiro atoms. The SMILES string of the molecule is COc1ccc(/C=C/C(=O)/C=C(C)/C=C/c2ccc(OC)c(OC)c2)cc1OC. The van der Waals surface area contributed by atoms with Crippen molar-refractivity contribution in [2.75, 3.05) is 28.4 Å². The van der Waals surface area contributed by atoms with Crippen molar-refractivity contribution >= 4 is 17.9 Å². The molecule has 0 aliphatic carbocycles. The normalized spacial score (nSPS) is 11.7. The summed E-state index contributed by atoms with van der Waals surface area (Å²) < 4.78 is 21.0. The minimum atomic E-state index is -0.103. The lowest BCUT2D eigenvalue weighted by atomic mass is 10.1. The zero-order chi connectivity index (χ0) is 21.2. The molecule has 2 aromatic rings. The predicted octanol–water partition coefficient (Wildman–Crippen LogP) is 4.96. The number of hydrogen-bond donors (Lipinski definition) is 0. The number of methoxy groups -OCH3 is 4. The van der Waals surface area contributed by atoms with Gasteiger partial charge in [0.05, 0.1) is 28.4 Å². The first-order chi connectivity index (χ1) is 14.0. The van der Waals surface area contributed by atoms with Crippen LogP contribution in [0.2, 0.25) is 0 Å². The first-order valence-electron chi connectivity index (χ1n) is 9.03. The summed E-state index contributed by atoms with van der Waals surface area (Å²) in [6.45, 7) is 1.87. The second-order valence-electron chi connectivity index (χ2n) is 6.19. The van der Waals surface area contributed by atoms with Crippen LogP contribution < -0.4 is 18.9 Å². The second kappa shape index (κ2) is 10.8.